The number of nitrogens with zero attached hydrogens (tertiary/aromatic N) is 2. The van der Waals surface area contributed by atoms with Gasteiger partial charge in [-0.15, -0.1) is 0 Å². The highest BCUT2D eigenvalue weighted by Gasteiger charge is 2.33. The molecule has 3 rings (SSSR count). The van der Waals surface area contributed by atoms with Crippen LogP contribution in [-0.2, 0) is 11.3 Å². The van der Waals surface area contributed by atoms with Gasteiger partial charge in [-0.1, -0.05) is 13.0 Å². The number of carbonyl (C=O) groups is 1. The Morgan fingerprint density at radius 2 is 2.13 bits per heavy atom. The summed E-state index contributed by atoms with van der Waals surface area (Å²) in [5, 5.41) is 3.01. The molecule has 1 amide bonds. The smallest absolute Gasteiger partial charge is 0.237 e. The summed E-state index contributed by atoms with van der Waals surface area (Å²) in [7, 11) is 0. The van der Waals surface area contributed by atoms with E-state index in [1.807, 2.05) is 29.8 Å². The number of nitrogens with one attached hydrogen (secondary N) is 1. The first-order valence-corrected chi connectivity index (χ1v) is 7.72. The van der Waals surface area contributed by atoms with Crippen LogP contribution in [0.5, 0.6) is 0 Å². The predicted octanol–water partition coefficient (Wildman–Crippen LogP) is 2.31. The third-order valence-electron chi connectivity index (χ3n) is 4.14. The Labute approximate surface area is 133 Å². The molecule has 4 nitrogen and oxygen atoms in total. The molecule has 1 aromatic carbocycles. The molecule has 0 aliphatic carbocycles. The lowest BCUT2D eigenvalue weighted by atomic mass is 9.99. The molecule has 1 unspecified atom stereocenters. The number of amides is 1. The first kappa shape index (κ1) is 15.7. The zero-order chi connectivity index (χ0) is 16.4. The van der Waals surface area contributed by atoms with Crippen LogP contribution in [-0.4, -0.2) is 35.0 Å². The Kier molecular flexibility index (Phi) is 4.43. The van der Waals surface area contributed by atoms with Gasteiger partial charge in [0, 0.05) is 36.6 Å². The molecule has 0 bridgehead atoms. The molecule has 1 aliphatic rings. The second-order valence-corrected chi connectivity index (χ2v) is 5.56. The maximum atomic E-state index is 14.3. The summed E-state index contributed by atoms with van der Waals surface area (Å²) in [5.41, 5.74) is 1.16. The van der Waals surface area contributed by atoms with E-state index in [1.165, 1.54) is 12.1 Å². The molecule has 0 saturated heterocycles. The number of halogens is 2. The van der Waals surface area contributed by atoms with Crippen LogP contribution in [0.3, 0.4) is 0 Å². The van der Waals surface area contributed by atoms with Gasteiger partial charge in [-0.3, -0.25) is 4.79 Å². The Morgan fingerprint density at radius 1 is 1.30 bits per heavy atom. The highest BCUT2D eigenvalue weighted by atomic mass is 19.1. The van der Waals surface area contributed by atoms with E-state index in [1.54, 1.807) is 4.90 Å². The average molecular weight is 319 g/mol. The molecule has 0 fully saturated rings. The summed E-state index contributed by atoms with van der Waals surface area (Å²) in [6, 6.07) is 6.73. The Morgan fingerprint density at radius 3 is 2.87 bits per heavy atom. The van der Waals surface area contributed by atoms with Crippen molar-refractivity contribution in [2.75, 3.05) is 19.6 Å². The van der Waals surface area contributed by atoms with E-state index in [-0.39, 0.29) is 12.5 Å². The van der Waals surface area contributed by atoms with Crippen molar-refractivity contribution in [3.8, 4) is 0 Å². The van der Waals surface area contributed by atoms with Gasteiger partial charge in [0.15, 0.2) is 0 Å². The standard InChI is InChI=1S/C17H19F2N3O/c1-2-20-11-16(23)22-9-8-21-7-3-4-15(21)17(22)13-6-5-12(18)10-14(13)19/h3-7,10,17,20H,2,8-9,11H2,1H3. The van der Waals surface area contributed by atoms with Gasteiger partial charge in [0.1, 0.15) is 17.7 Å². The number of rotatable bonds is 4. The quantitative estimate of drug-likeness (QED) is 0.939. The van der Waals surface area contributed by atoms with Gasteiger partial charge in [0.05, 0.1) is 6.54 Å². The molecule has 2 heterocycles. The summed E-state index contributed by atoms with van der Waals surface area (Å²) >= 11 is 0. The molecular weight excluding hydrogens is 300 g/mol. The topological polar surface area (TPSA) is 37.3 Å². The van der Waals surface area contributed by atoms with Crippen LogP contribution >= 0.6 is 0 Å². The van der Waals surface area contributed by atoms with Crippen LogP contribution in [0.1, 0.15) is 24.2 Å². The van der Waals surface area contributed by atoms with Crippen molar-refractivity contribution in [1.29, 1.82) is 0 Å². The van der Waals surface area contributed by atoms with Crippen molar-refractivity contribution in [2.24, 2.45) is 0 Å². The van der Waals surface area contributed by atoms with Crippen molar-refractivity contribution in [2.45, 2.75) is 19.5 Å². The Balaban J connectivity index is 2.01. The lowest BCUT2D eigenvalue weighted by molar-refractivity contribution is -0.132. The van der Waals surface area contributed by atoms with Gasteiger partial charge in [-0.25, -0.2) is 8.78 Å². The van der Waals surface area contributed by atoms with E-state index in [0.29, 0.717) is 25.2 Å². The molecular formula is C17H19F2N3O. The molecule has 1 aliphatic heterocycles. The largest absolute Gasteiger partial charge is 0.348 e. The SMILES string of the molecule is CCNCC(=O)N1CCn2cccc2C1c1ccc(F)cc1F. The molecule has 6 heteroatoms. The fourth-order valence-electron chi connectivity index (χ4n) is 3.04. The van der Waals surface area contributed by atoms with E-state index >= 15 is 0 Å². The van der Waals surface area contributed by atoms with Gasteiger partial charge in [0.2, 0.25) is 5.91 Å². The van der Waals surface area contributed by atoms with Crippen molar-refractivity contribution in [3.63, 3.8) is 0 Å². The molecule has 23 heavy (non-hydrogen) atoms. The fourth-order valence-corrected chi connectivity index (χ4v) is 3.04. The molecule has 122 valence electrons. The minimum Gasteiger partial charge on any atom is -0.348 e. The monoisotopic (exact) mass is 319 g/mol. The van der Waals surface area contributed by atoms with Crippen LogP contribution in [0.15, 0.2) is 36.5 Å². The number of hydrogen-bond acceptors (Lipinski definition) is 2. The minimum absolute atomic E-state index is 0.0898. The zero-order valence-corrected chi connectivity index (χ0v) is 12.9. The lowest BCUT2D eigenvalue weighted by Crippen LogP contribution is -2.46. The van der Waals surface area contributed by atoms with E-state index < -0.39 is 17.7 Å². The number of benzene rings is 1. The molecule has 0 saturated carbocycles. The van der Waals surface area contributed by atoms with Gasteiger partial charge in [-0.05, 0) is 24.7 Å². The Hall–Kier alpha value is -2.21. The number of hydrogen-bond donors (Lipinski definition) is 1. The van der Waals surface area contributed by atoms with Crippen molar-refractivity contribution < 1.29 is 13.6 Å². The van der Waals surface area contributed by atoms with E-state index in [2.05, 4.69) is 5.32 Å². The third kappa shape index (κ3) is 2.99. The molecule has 1 atom stereocenters. The summed E-state index contributed by atoms with van der Waals surface area (Å²) in [6.45, 7) is 3.97. The summed E-state index contributed by atoms with van der Waals surface area (Å²) in [4.78, 5) is 14.2. The van der Waals surface area contributed by atoms with Crippen LogP contribution in [0.2, 0.25) is 0 Å². The Bertz CT molecular complexity index is 714. The van der Waals surface area contributed by atoms with Crippen LogP contribution in [0.25, 0.3) is 0 Å². The van der Waals surface area contributed by atoms with Gasteiger partial charge >= 0.3 is 0 Å². The predicted molar refractivity (Wildman–Crippen MR) is 82.9 cm³/mol. The first-order valence-electron chi connectivity index (χ1n) is 7.72. The van der Waals surface area contributed by atoms with Crippen molar-refractivity contribution in [1.82, 2.24) is 14.8 Å². The highest BCUT2D eigenvalue weighted by molar-refractivity contribution is 5.79. The third-order valence-corrected chi connectivity index (χ3v) is 4.14. The number of fused-ring (bicyclic) bond motifs is 1. The molecule has 1 aromatic heterocycles. The summed E-state index contributed by atoms with van der Waals surface area (Å²) in [5.74, 6) is -1.35. The maximum absolute atomic E-state index is 14.3. The van der Waals surface area contributed by atoms with E-state index in [4.69, 9.17) is 0 Å². The van der Waals surface area contributed by atoms with Crippen molar-refractivity contribution in [3.05, 3.63) is 59.4 Å². The molecule has 0 spiro atoms. The van der Waals surface area contributed by atoms with Gasteiger partial charge in [0.25, 0.3) is 0 Å². The van der Waals surface area contributed by atoms with Crippen LogP contribution in [0.4, 0.5) is 8.78 Å². The zero-order valence-electron chi connectivity index (χ0n) is 12.9. The second-order valence-electron chi connectivity index (χ2n) is 5.56. The average Bonchev–Trinajstić information content (AvgIpc) is 3.00. The van der Waals surface area contributed by atoms with Crippen molar-refractivity contribution >= 4 is 5.91 Å². The second kappa shape index (κ2) is 6.50. The van der Waals surface area contributed by atoms with Crippen LogP contribution in [0, 0.1) is 11.6 Å². The van der Waals surface area contributed by atoms with Gasteiger partial charge in [-0.2, -0.15) is 0 Å². The minimum atomic E-state index is -0.633. The molecule has 2 aromatic rings. The van der Waals surface area contributed by atoms with Crippen LogP contribution < -0.4 is 5.32 Å². The summed E-state index contributed by atoms with van der Waals surface area (Å²) < 4.78 is 29.6. The molecule has 0 radical (unpaired) electrons. The maximum Gasteiger partial charge on any atom is 0.237 e. The highest BCUT2D eigenvalue weighted by Crippen LogP contribution is 2.34. The van der Waals surface area contributed by atoms with Gasteiger partial charge < -0.3 is 14.8 Å². The fraction of sp³-hybridized carbons (Fsp3) is 0.353. The normalized spacial score (nSPS) is 17.2. The first-order chi connectivity index (χ1) is 11.1. The number of carbonyl (C=O) groups excluding carboxylic acids is 1. The van der Waals surface area contributed by atoms with E-state index in [0.717, 1.165) is 11.8 Å². The van der Waals surface area contributed by atoms with E-state index in [9.17, 15) is 13.6 Å². The lowest BCUT2D eigenvalue weighted by Gasteiger charge is -2.37. The number of aromatic nitrogens is 1. The number of likely N-dealkylation sites (N-methyl/N-ethyl adjacent to an activating group) is 1. The molecule has 1 N–H and O–H groups in total. The summed E-state index contributed by atoms with van der Waals surface area (Å²) in [6.07, 6.45) is 1.91.